The number of rotatable bonds is 1. The minimum absolute atomic E-state index is 0.0192. The van der Waals surface area contributed by atoms with E-state index in [-0.39, 0.29) is 16.5 Å². The molecule has 0 amide bonds. The Morgan fingerprint density at radius 3 is 2.83 bits per heavy atom. The van der Waals surface area contributed by atoms with Crippen molar-refractivity contribution in [3.8, 4) is 11.3 Å². The molecule has 0 radical (unpaired) electrons. The minimum Gasteiger partial charge on any atom is -0.261 e. The molecule has 0 saturated heterocycles. The highest BCUT2D eigenvalue weighted by molar-refractivity contribution is 6.28. The van der Waals surface area contributed by atoms with E-state index in [0.29, 0.717) is 11.0 Å². The van der Waals surface area contributed by atoms with Crippen LogP contribution < -0.4 is 0 Å². The van der Waals surface area contributed by atoms with Crippen molar-refractivity contribution in [3.05, 3.63) is 41.3 Å². The van der Waals surface area contributed by atoms with Crippen LogP contribution in [-0.2, 0) is 0 Å². The third-order valence-electron chi connectivity index (χ3n) is 2.47. The summed E-state index contributed by atoms with van der Waals surface area (Å²) in [6.45, 7) is 0. The average Bonchev–Trinajstić information content (AvgIpc) is 2.79. The summed E-state index contributed by atoms with van der Waals surface area (Å²) in [6, 6.07) is 3.13. The fourth-order valence-corrected chi connectivity index (χ4v) is 1.86. The quantitative estimate of drug-likeness (QED) is 0.689. The number of halogens is 3. The maximum atomic E-state index is 13.7. The third-order valence-corrected chi connectivity index (χ3v) is 2.64. The zero-order valence-corrected chi connectivity index (χ0v) is 9.54. The summed E-state index contributed by atoms with van der Waals surface area (Å²) < 4.78 is 26.9. The van der Waals surface area contributed by atoms with Gasteiger partial charge in [-0.1, -0.05) is 0 Å². The number of hydrogen-bond acceptors (Lipinski definition) is 3. The zero-order chi connectivity index (χ0) is 12.7. The van der Waals surface area contributed by atoms with Crippen molar-refractivity contribution >= 4 is 22.6 Å². The summed E-state index contributed by atoms with van der Waals surface area (Å²) in [5.41, 5.74) is 0.593. The molecule has 0 atom stereocenters. The third kappa shape index (κ3) is 1.70. The van der Waals surface area contributed by atoms with E-state index in [0.717, 1.165) is 18.2 Å². The molecule has 0 aliphatic carbocycles. The fourth-order valence-electron chi connectivity index (χ4n) is 1.69. The van der Waals surface area contributed by atoms with Gasteiger partial charge in [0.1, 0.15) is 11.6 Å². The Hall–Kier alpha value is -2.08. The lowest BCUT2D eigenvalue weighted by atomic mass is 10.1. The van der Waals surface area contributed by atoms with Crippen LogP contribution in [-0.4, -0.2) is 20.2 Å². The van der Waals surface area contributed by atoms with Gasteiger partial charge < -0.3 is 0 Å². The SMILES string of the molecule is Fc1ccc(F)c(-c2nc(Cl)nc3[nH]ncc23)c1. The highest BCUT2D eigenvalue weighted by Crippen LogP contribution is 2.28. The highest BCUT2D eigenvalue weighted by atomic mass is 35.5. The molecule has 1 N–H and O–H groups in total. The van der Waals surface area contributed by atoms with E-state index in [1.165, 1.54) is 6.20 Å². The molecule has 0 fully saturated rings. The largest absolute Gasteiger partial charge is 0.261 e. The summed E-state index contributed by atoms with van der Waals surface area (Å²) in [7, 11) is 0. The summed E-state index contributed by atoms with van der Waals surface area (Å²) >= 11 is 5.74. The first-order valence-electron chi connectivity index (χ1n) is 4.97. The lowest BCUT2D eigenvalue weighted by molar-refractivity contribution is 0.603. The van der Waals surface area contributed by atoms with Crippen LogP contribution >= 0.6 is 11.6 Å². The van der Waals surface area contributed by atoms with E-state index < -0.39 is 11.6 Å². The second-order valence-corrected chi connectivity index (χ2v) is 3.94. The van der Waals surface area contributed by atoms with Crippen molar-refractivity contribution in [2.45, 2.75) is 0 Å². The normalized spacial score (nSPS) is 11.1. The van der Waals surface area contributed by atoms with E-state index in [1.807, 2.05) is 0 Å². The first-order chi connectivity index (χ1) is 8.65. The fraction of sp³-hybridized carbons (Fsp3) is 0. The number of nitrogens with zero attached hydrogens (tertiary/aromatic N) is 3. The van der Waals surface area contributed by atoms with Gasteiger partial charge in [-0.15, -0.1) is 0 Å². The van der Waals surface area contributed by atoms with Gasteiger partial charge >= 0.3 is 0 Å². The molecule has 18 heavy (non-hydrogen) atoms. The first-order valence-corrected chi connectivity index (χ1v) is 5.35. The molecule has 1 aromatic carbocycles. The molecule has 0 unspecified atom stereocenters. The lowest BCUT2D eigenvalue weighted by Gasteiger charge is -2.04. The Bertz CT molecular complexity index is 741. The van der Waals surface area contributed by atoms with Crippen molar-refractivity contribution < 1.29 is 8.78 Å². The maximum absolute atomic E-state index is 13.7. The van der Waals surface area contributed by atoms with E-state index in [2.05, 4.69) is 20.2 Å². The molecule has 2 heterocycles. The van der Waals surface area contributed by atoms with Crippen molar-refractivity contribution in [1.29, 1.82) is 0 Å². The van der Waals surface area contributed by atoms with Crippen molar-refractivity contribution in [3.63, 3.8) is 0 Å². The van der Waals surface area contributed by atoms with Gasteiger partial charge in [0.05, 0.1) is 17.3 Å². The molecule has 0 aliphatic heterocycles. The van der Waals surface area contributed by atoms with E-state index >= 15 is 0 Å². The monoisotopic (exact) mass is 266 g/mol. The Labute approximate surface area is 105 Å². The molecule has 0 aliphatic rings. The molecular formula is C11H5ClF2N4. The maximum Gasteiger partial charge on any atom is 0.224 e. The molecule has 2 aromatic heterocycles. The Kier molecular flexibility index (Phi) is 2.45. The summed E-state index contributed by atoms with van der Waals surface area (Å²) in [4.78, 5) is 7.83. The van der Waals surface area contributed by atoms with Gasteiger partial charge in [-0.25, -0.2) is 13.8 Å². The predicted octanol–water partition coefficient (Wildman–Crippen LogP) is 2.95. The van der Waals surface area contributed by atoms with Crippen LogP contribution in [0.2, 0.25) is 5.28 Å². The van der Waals surface area contributed by atoms with Gasteiger partial charge in [-0.05, 0) is 29.8 Å². The molecule has 0 spiro atoms. The highest BCUT2D eigenvalue weighted by Gasteiger charge is 2.14. The number of H-pyrrole nitrogens is 1. The second kappa shape index (κ2) is 3.99. The van der Waals surface area contributed by atoms with Gasteiger partial charge in [0.25, 0.3) is 0 Å². The van der Waals surface area contributed by atoms with Gasteiger partial charge in [0, 0.05) is 5.56 Å². The molecule has 3 aromatic rings. The average molecular weight is 267 g/mol. The minimum atomic E-state index is -0.589. The molecule has 7 heteroatoms. The summed E-state index contributed by atoms with van der Waals surface area (Å²) in [5.74, 6) is -1.15. The zero-order valence-electron chi connectivity index (χ0n) is 8.78. The molecule has 4 nitrogen and oxygen atoms in total. The number of aromatic amines is 1. The van der Waals surface area contributed by atoms with Crippen LogP contribution in [0.15, 0.2) is 24.4 Å². The Morgan fingerprint density at radius 1 is 1.17 bits per heavy atom. The van der Waals surface area contributed by atoms with Gasteiger partial charge in [0.2, 0.25) is 5.28 Å². The number of hydrogen-bond donors (Lipinski definition) is 1. The van der Waals surface area contributed by atoms with E-state index in [1.54, 1.807) is 0 Å². The van der Waals surface area contributed by atoms with Gasteiger partial charge in [0.15, 0.2) is 5.65 Å². The molecule has 0 saturated carbocycles. The molecule has 90 valence electrons. The van der Waals surface area contributed by atoms with Gasteiger partial charge in [-0.2, -0.15) is 10.1 Å². The van der Waals surface area contributed by atoms with Crippen molar-refractivity contribution in [2.75, 3.05) is 0 Å². The number of fused-ring (bicyclic) bond motifs is 1. The first kappa shape index (κ1) is 11.0. The summed E-state index contributed by atoms with van der Waals surface area (Å²) in [5, 5.41) is 6.79. The topological polar surface area (TPSA) is 54.5 Å². The van der Waals surface area contributed by atoms with Crippen LogP contribution in [0.3, 0.4) is 0 Å². The standard InChI is InChI=1S/C11H5ClF2N4/c12-11-16-9(7-4-15-18-10(7)17-11)6-3-5(13)1-2-8(6)14/h1-4H,(H,15,16,17,18). The molecule has 3 rings (SSSR count). The van der Waals surface area contributed by atoms with Crippen LogP contribution in [0, 0.1) is 11.6 Å². The smallest absolute Gasteiger partial charge is 0.224 e. The lowest BCUT2D eigenvalue weighted by Crippen LogP contribution is -1.93. The van der Waals surface area contributed by atoms with Crippen LogP contribution in [0.4, 0.5) is 8.78 Å². The number of nitrogens with one attached hydrogen (secondary N) is 1. The van der Waals surface area contributed by atoms with Crippen molar-refractivity contribution in [1.82, 2.24) is 20.2 Å². The van der Waals surface area contributed by atoms with Gasteiger partial charge in [-0.3, -0.25) is 5.10 Å². The van der Waals surface area contributed by atoms with Crippen molar-refractivity contribution in [2.24, 2.45) is 0 Å². The predicted molar refractivity (Wildman–Crippen MR) is 62.0 cm³/mol. The van der Waals surface area contributed by atoms with E-state index in [4.69, 9.17) is 11.6 Å². The Morgan fingerprint density at radius 2 is 2.00 bits per heavy atom. The summed E-state index contributed by atoms with van der Waals surface area (Å²) in [6.07, 6.45) is 1.44. The molecule has 0 bridgehead atoms. The van der Waals surface area contributed by atoms with Crippen LogP contribution in [0.25, 0.3) is 22.3 Å². The van der Waals surface area contributed by atoms with Crippen LogP contribution in [0.5, 0.6) is 0 Å². The number of benzene rings is 1. The molecular weight excluding hydrogens is 262 g/mol. The number of aromatic nitrogens is 4. The van der Waals surface area contributed by atoms with E-state index in [9.17, 15) is 8.78 Å². The second-order valence-electron chi connectivity index (χ2n) is 3.60. The Balaban J connectivity index is 2.37. The van der Waals surface area contributed by atoms with Crippen LogP contribution in [0.1, 0.15) is 0 Å².